The second-order valence-corrected chi connectivity index (χ2v) is 3.11. The number of hydrogen-bond donors (Lipinski definition) is 2. The molecule has 0 saturated carbocycles. The lowest BCUT2D eigenvalue weighted by molar-refractivity contribution is -0.121. The largest absolute Gasteiger partial charge is 0.392 e. The number of aliphatic hydroxyl groups is 1. The van der Waals surface area contributed by atoms with Crippen molar-refractivity contribution in [1.29, 1.82) is 5.26 Å². The first-order valence-corrected chi connectivity index (χ1v) is 4.26. The number of carbonyl (C=O) groups is 1. The van der Waals surface area contributed by atoms with Crippen LogP contribution < -0.4 is 5.32 Å². The Morgan fingerprint density at radius 3 is 3.08 bits per heavy atom. The van der Waals surface area contributed by atoms with E-state index in [0.29, 0.717) is 6.54 Å². The quantitative estimate of drug-likeness (QED) is 0.533. The molecule has 1 aliphatic heterocycles. The predicted octanol–water partition coefficient (Wildman–Crippen LogP) is -1.31. The Labute approximate surface area is 76.9 Å². The zero-order chi connectivity index (χ0) is 9.68. The van der Waals surface area contributed by atoms with Gasteiger partial charge in [-0.15, -0.1) is 0 Å². The van der Waals surface area contributed by atoms with Gasteiger partial charge in [0.05, 0.1) is 18.7 Å². The summed E-state index contributed by atoms with van der Waals surface area (Å²) >= 11 is 0. The van der Waals surface area contributed by atoms with E-state index in [1.807, 2.05) is 11.0 Å². The van der Waals surface area contributed by atoms with E-state index in [4.69, 9.17) is 10.4 Å². The average molecular weight is 183 g/mol. The highest BCUT2D eigenvalue weighted by Crippen LogP contribution is 2.07. The molecule has 5 heteroatoms. The molecule has 1 rings (SSSR count). The third-order valence-electron chi connectivity index (χ3n) is 1.98. The Balaban J connectivity index is 2.18. The van der Waals surface area contributed by atoms with E-state index in [-0.39, 0.29) is 25.1 Å². The van der Waals surface area contributed by atoms with Crippen LogP contribution in [0.5, 0.6) is 0 Å². The van der Waals surface area contributed by atoms with Crippen LogP contribution in [-0.2, 0) is 4.79 Å². The fourth-order valence-corrected chi connectivity index (χ4v) is 1.35. The van der Waals surface area contributed by atoms with Crippen molar-refractivity contribution in [3.63, 3.8) is 0 Å². The summed E-state index contributed by atoms with van der Waals surface area (Å²) in [6.45, 7) is 1.63. The van der Waals surface area contributed by atoms with Crippen LogP contribution in [0.25, 0.3) is 0 Å². The van der Waals surface area contributed by atoms with E-state index >= 15 is 0 Å². The second kappa shape index (κ2) is 4.80. The number of nitrogens with zero attached hydrogens (tertiary/aromatic N) is 2. The Kier molecular flexibility index (Phi) is 3.68. The summed E-state index contributed by atoms with van der Waals surface area (Å²) in [5.74, 6) is -0.157. The van der Waals surface area contributed by atoms with Gasteiger partial charge in [-0.25, -0.2) is 0 Å². The van der Waals surface area contributed by atoms with Crippen LogP contribution in [0.4, 0.5) is 0 Å². The van der Waals surface area contributed by atoms with E-state index in [1.165, 1.54) is 0 Å². The smallest absolute Gasteiger partial charge is 0.235 e. The van der Waals surface area contributed by atoms with E-state index in [9.17, 15) is 4.79 Å². The molecule has 1 atom stereocenters. The monoisotopic (exact) mass is 183 g/mol. The molecule has 13 heavy (non-hydrogen) atoms. The molecule has 0 aliphatic carbocycles. The van der Waals surface area contributed by atoms with Gasteiger partial charge >= 0.3 is 0 Å². The molecule has 0 aromatic carbocycles. The fourth-order valence-electron chi connectivity index (χ4n) is 1.35. The number of likely N-dealkylation sites (tertiary alicyclic amines) is 1. The van der Waals surface area contributed by atoms with Gasteiger partial charge in [-0.3, -0.25) is 9.69 Å². The highest BCUT2D eigenvalue weighted by molar-refractivity contribution is 5.78. The van der Waals surface area contributed by atoms with Crippen LogP contribution in [0.2, 0.25) is 0 Å². The molecule has 0 bridgehead atoms. The maximum absolute atomic E-state index is 11.1. The highest BCUT2D eigenvalue weighted by atomic mass is 16.3. The Bertz CT molecular complexity index is 224. The molecule has 0 aromatic rings. The molecule has 0 spiro atoms. The summed E-state index contributed by atoms with van der Waals surface area (Å²) in [6, 6.07) is 1.83. The van der Waals surface area contributed by atoms with Gasteiger partial charge in [-0.05, 0) is 6.42 Å². The number of amides is 1. The predicted molar refractivity (Wildman–Crippen MR) is 45.7 cm³/mol. The summed E-state index contributed by atoms with van der Waals surface area (Å²) in [7, 11) is 0. The van der Waals surface area contributed by atoms with Crippen LogP contribution in [0.1, 0.15) is 6.42 Å². The molecule has 0 aromatic heterocycles. The molecule has 1 fully saturated rings. The van der Waals surface area contributed by atoms with Gasteiger partial charge in [0.1, 0.15) is 6.54 Å². The van der Waals surface area contributed by atoms with Crippen molar-refractivity contribution in [2.75, 3.05) is 26.2 Å². The number of rotatable bonds is 3. The lowest BCUT2D eigenvalue weighted by Crippen LogP contribution is -2.36. The third-order valence-corrected chi connectivity index (χ3v) is 1.98. The SMILES string of the molecule is N#CCNC(=O)CN1CC[C@H](O)C1. The maximum atomic E-state index is 11.1. The van der Waals surface area contributed by atoms with Gasteiger partial charge in [0.2, 0.25) is 5.91 Å². The number of carbonyl (C=O) groups excluding carboxylic acids is 1. The summed E-state index contributed by atoms with van der Waals surface area (Å²) in [5.41, 5.74) is 0. The standard InChI is InChI=1S/C8H13N3O2/c9-2-3-10-8(13)6-11-4-1-7(12)5-11/h7,12H,1,3-6H2,(H,10,13)/t7-/m0/s1. The summed E-state index contributed by atoms with van der Waals surface area (Å²) in [4.78, 5) is 13.0. The zero-order valence-electron chi connectivity index (χ0n) is 7.36. The molecule has 0 radical (unpaired) electrons. The minimum atomic E-state index is -0.302. The average Bonchev–Trinajstić information content (AvgIpc) is 2.48. The van der Waals surface area contributed by atoms with Crippen molar-refractivity contribution < 1.29 is 9.90 Å². The van der Waals surface area contributed by atoms with Crippen molar-refractivity contribution in [2.24, 2.45) is 0 Å². The molecule has 72 valence electrons. The molecule has 1 aliphatic rings. The van der Waals surface area contributed by atoms with E-state index in [2.05, 4.69) is 5.32 Å². The van der Waals surface area contributed by atoms with Gasteiger partial charge < -0.3 is 10.4 Å². The van der Waals surface area contributed by atoms with Crippen LogP contribution in [0.15, 0.2) is 0 Å². The van der Waals surface area contributed by atoms with Gasteiger partial charge in [0.25, 0.3) is 0 Å². The first kappa shape index (κ1) is 9.96. The maximum Gasteiger partial charge on any atom is 0.235 e. The minimum Gasteiger partial charge on any atom is -0.392 e. The molecular weight excluding hydrogens is 170 g/mol. The number of nitriles is 1. The lowest BCUT2D eigenvalue weighted by atomic mass is 10.3. The number of nitrogens with one attached hydrogen (secondary N) is 1. The second-order valence-electron chi connectivity index (χ2n) is 3.11. The van der Waals surface area contributed by atoms with Crippen LogP contribution in [-0.4, -0.2) is 48.2 Å². The molecular formula is C8H13N3O2. The van der Waals surface area contributed by atoms with Gasteiger partial charge in [0, 0.05) is 13.1 Å². The van der Waals surface area contributed by atoms with E-state index < -0.39 is 0 Å². The number of aliphatic hydroxyl groups excluding tert-OH is 1. The van der Waals surface area contributed by atoms with Crippen molar-refractivity contribution >= 4 is 5.91 Å². The first-order valence-electron chi connectivity index (χ1n) is 4.26. The van der Waals surface area contributed by atoms with Gasteiger partial charge in [0.15, 0.2) is 0 Å². The van der Waals surface area contributed by atoms with Gasteiger partial charge in [-0.2, -0.15) is 5.26 Å². The minimum absolute atomic E-state index is 0.0508. The summed E-state index contributed by atoms with van der Waals surface area (Å²) in [5, 5.41) is 19.8. The van der Waals surface area contributed by atoms with Crippen LogP contribution in [0, 0.1) is 11.3 Å². The van der Waals surface area contributed by atoms with E-state index in [0.717, 1.165) is 13.0 Å². The van der Waals surface area contributed by atoms with Crippen molar-refractivity contribution in [2.45, 2.75) is 12.5 Å². The zero-order valence-corrected chi connectivity index (χ0v) is 7.36. The summed E-state index contributed by atoms with van der Waals surface area (Å²) in [6.07, 6.45) is 0.426. The highest BCUT2D eigenvalue weighted by Gasteiger charge is 2.21. The van der Waals surface area contributed by atoms with Crippen molar-refractivity contribution in [3.05, 3.63) is 0 Å². The molecule has 5 nitrogen and oxygen atoms in total. The number of hydrogen-bond acceptors (Lipinski definition) is 4. The molecule has 0 unspecified atom stereocenters. The molecule has 1 heterocycles. The molecule has 1 saturated heterocycles. The van der Waals surface area contributed by atoms with Crippen LogP contribution >= 0.6 is 0 Å². The fraction of sp³-hybridized carbons (Fsp3) is 0.750. The number of β-amino-alcohol motifs (C(OH)–C–C–N with tert-alkyl or cyclic N) is 1. The first-order chi connectivity index (χ1) is 6.22. The van der Waals surface area contributed by atoms with Gasteiger partial charge in [-0.1, -0.05) is 0 Å². The normalized spacial score (nSPS) is 22.6. The third kappa shape index (κ3) is 3.40. The van der Waals surface area contributed by atoms with Crippen molar-refractivity contribution in [1.82, 2.24) is 10.2 Å². The topological polar surface area (TPSA) is 76.4 Å². The molecule has 1 amide bonds. The molecule has 2 N–H and O–H groups in total. The lowest BCUT2D eigenvalue weighted by Gasteiger charge is -2.13. The summed E-state index contributed by atoms with van der Waals surface area (Å²) < 4.78 is 0. The van der Waals surface area contributed by atoms with Crippen LogP contribution in [0.3, 0.4) is 0 Å². The van der Waals surface area contributed by atoms with E-state index in [1.54, 1.807) is 0 Å². The Morgan fingerprint density at radius 2 is 2.54 bits per heavy atom. The Hall–Kier alpha value is -1.12. The Morgan fingerprint density at radius 1 is 1.77 bits per heavy atom. The van der Waals surface area contributed by atoms with Crippen molar-refractivity contribution in [3.8, 4) is 6.07 Å².